The lowest BCUT2D eigenvalue weighted by molar-refractivity contribution is -0.119. The van der Waals surface area contributed by atoms with Gasteiger partial charge in [0.05, 0.1) is 5.56 Å². The van der Waals surface area contributed by atoms with E-state index in [1.165, 1.54) is 19.1 Å². The van der Waals surface area contributed by atoms with Crippen LogP contribution in [0, 0.1) is 6.92 Å². The molecular weight excluding hydrogens is 308 g/mol. The highest BCUT2D eigenvalue weighted by molar-refractivity contribution is 5.96. The number of ether oxygens (including phenoxy) is 1. The van der Waals surface area contributed by atoms with Crippen molar-refractivity contribution in [3.8, 4) is 0 Å². The summed E-state index contributed by atoms with van der Waals surface area (Å²) in [6.07, 6.45) is 0. The summed E-state index contributed by atoms with van der Waals surface area (Å²) in [4.78, 5) is 34.6. The standard InChI is InChI=1S/C18H18N2O4/c1-12-3-7-16(8-4-12)20-17(22)11-24-18(23)14-5-9-15(10-6-14)19-13(2)21/h3-10H,11H2,1-2H3,(H,19,21)(H,20,22). The van der Waals surface area contributed by atoms with Crippen LogP contribution in [-0.4, -0.2) is 24.4 Å². The molecule has 0 saturated heterocycles. The van der Waals surface area contributed by atoms with Crippen molar-refractivity contribution in [1.29, 1.82) is 0 Å². The van der Waals surface area contributed by atoms with E-state index < -0.39 is 11.9 Å². The first kappa shape index (κ1) is 17.2. The molecule has 6 nitrogen and oxygen atoms in total. The predicted molar refractivity (Wildman–Crippen MR) is 90.8 cm³/mol. The van der Waals surface area contributed by atoms with Crippen LogP contribution >= 0.6 is 0 Å². The molecule has 0 bridgehead atoms. The van der Waals surface area contributed by atoms with Crippen molar-refractivity contribution in [3.05, 3.63) is 59.7 Å². The number of hydrogen-bond donors (Lipinski definition) is 2. The van der Waals surface area contributed by atoms with E-state index in [0.717, 1.165) is 5.56 Å². The first-order valence-electron chi connectivity index (χ1n) is 7.35. The summed E-state index contributed by atoms with van der Waals surface area (Å²) in [5, 5.41) is 5.24. The molecule has 2 N–H and O–H groups in total. The smallest absolute Gasteiger partial charge is 0.338 e. The second kappa shape index (κ2) is 7.92. The van der Waals surface area contributed by atoms with E-state index in [9.17, 15) is 14.4 Å². The third kappa shape index (κ3) is 5.24. The van der Waals surface area contributed by atoms with Gasteiger partial charge < -0.3 is 15.4 Å². The van der Waals surface area contributed by atoms with Gasteiger partial charge in [0.15, 0.2) is 6.61 Å². The number of esters is 1. The number of carbonyl (C=O) groups excluding carboxylic acids is 3. The highest BCUT2D eigenvalue weighted by atomic mass is 16.5. The number of benzene rings is 2. The van der Waals surface area contributed by atoms with Gasteiger partial charge in [-0.3, -0.25) is 9.59 Å². The highest BCUT2D eigenvalue weighted by Gasteiger charge is 2.10. The molecule has 6 heteroatoms. The second-order valence-electron chi connectivity index (χ2n) is 5.25. The van der Waals surface area contributed by atoms with E-state index in [1.807, 2.05) is 19.1 Å². The minimum atomic E-state index is -0.608. The van der Waals surface area contributed by atoms with Gasteiger partial charge in [0.25, 0.3) is 5.91 Å². The Labute approximate surface area is 139 Å². The maximum atomic E-state index is 11.9. The zero-order valence-corrected chi connectivity index (χ0v) is 13.5. The van der Waals surface area contributed by atoms with E-state index in [0.29, 0.717) is 16.9 Å². The normalized spacial score (nSPS) is 9.92. The Kier molecular flexibility index (Phi) is 5.68. The topological polar surface area (TPSA) is 84.5 Å². The number of hydrogen-bond acceptors (Lipinski definition) is 4. The molecule has 2 aromatic carbocycles. The molecule has 0 aliphatic heterocycles. The zero-order valence-electron chi connectivity index (χ0n) is 13.5. The van der Waals surface area contributed by atoms with Gasteiger partial charge in [-0.1, -0.05) is 17.7 Å². The predicted octanol–water partition coefficient (Wildman–Crippen LogP) is 2.75. The molecule has 2 aromatic rings. The number of nitrogens with one attached hydrogen (secondary N) is 2. The van der Waals surface area contributed by atoms with Crippen LogP contribution in [-0.2, 0) is 14.3 Å². The average molecular weight is 326 g/mol. The van der Waals surface area contributed by atoms with Gasteiger partial charge in [0.2, 0.25) is 5.91 Å². The summed E-state index contributed by atoms with van der Waals surface area (Å²) < 4.78 is 4.97. The van der Waals surface area contributed by atoms with Crippen LogP contribution in [0.15, 0.2) is 48.5 Å². The summed E-state index contributed by atoms with van der Waals surface area (Å²) in [7, 11) is 0. The Balaban J connectivity index is 1.84. The lowest BCUT2D eigenvalue weighted by atomic mass is 10.2. The molecular formula is C18H18N2O4. The van der Waals surface area contributed by atoms with Crippen molar-refractivity contribution in [2.45, 2.75) is 13.8 Å². The minimum Gasteiger partial charge on any atom is -0.452 e. The van der Waals surface area contributed by atoms with Gasteiger partial charge in [0, 0.05) is 18.3 Å². The Bertz CT molecular complexity index is 737. The van der Waals surface area contributed by atoms with Gasteiger partial charge in [-0.25, -0.2) is 4.79 Å². The first-order valence-corrected chi connectivity index (χ1v) is 7.35. The lowest BCUT2D eigenvalue weighted by Gasteiger charge is -2.07. The molecule has 0 spiro atoms. The molecule has 2 rings (SSSR count). The number of carbonyl (C=O) groups is 3. The molecule has 124 valence electrons. The molecule has 0 unspecified atom stereocenters. The minimum absolute atomic E-state index is 0.196. The largest absolute Gasteiger partial charge is 0.452 e. The van der Waals surface area contributed by atoms with Gasteiger partial charge in [-0.2, -0.15) is 0 Å². The molecule has 0 saturated carbocycles. The molecule has 0 aliphatic carbocycles. The Morgan fingerprint density at radius 3 is 2.00 bits per heavy atom. The van der Waals surface area contributed by atoms with Crippen molar-refractivity contribution in [2.24, 2.45) is 0 Å². The Morgan fingerprint density at radius 1 is 0.875 bits per heavy atom. The number of rotatable bonds is 5. The van der Waals surface area contributed by atoms with Gasteiger partial charge in [-0.15, -0.1) is 0 Å². The fraction of sp³-hybridized carbons (Fsp3) is 0.167. The molecule has 2 amide bonds. The van der Waals surface area contributed by atoms with Crippen LogP contribution in [0.1, 0.15) is 22.8 Å². The van der Waals surface area contributed by atoms with Crippen molar-refractivity contribution in [1.82, 2.24) is 0 Å². The van der Waals surface area contributed by atoms with Crippen LogP contribution in [0.25, 0.3) is 0 Å². The monoisotopic (exact) mass is 326 g/mol. The maximum absolute atomic E-state index is 11.9. The molecule has 0 aromatic heterocycles. The van der Waals surface area contributed by atoms with Crippen LogP contribution in [0.2, 0.25) is 0 Å². The lowest BCUT2D eigenvalue weighted by Crippen LogP contribution is -2.20. The van der Waals surface area contributed by atoms with E-state index in [2.05, 4.69) is 10.6 Å². The van der Waals surface area contributed by atoms with E-state index in [1.54, 1.807) is 24.3 Å². The molecule has 0 atom stereocenters. The summed E-state index contributed by atoms with van der Waals surface area (Å²) in [6, 6.07) is 13.5. The number of anilines is 2. The van der Waals surface area contributed by atoms with E-state index in [4.69, 9.17) is 4.74 Å². The van der Waals surface area contributed by atoms with Crippen LogP contribution in [0.5, 0.6) is 0 Å². The van der Waals surface area contributed by atoms with Crippen LogP contribution in [0.3, 0.4) is 0 Å². The third-order valence-electron chi connectivity index (χ3n) is 3.11. The summed E-state index contributed by atoms with van der Waals surface area (Å²) in [5.74, 6) is -1.22. The SMILES string of the molecule is CC(=O)Nc1ccc(C(=O)OCC(=O)Nc2ccc(C)cc2)cc1. The molecule has 24 heavy (non-hydrogen) atoms. The Hall–Kier alpha value is -3.15. The van der Waals surface area contributed by atoms with Crippen molar-refractivity contribution in [2.75, 3.05) is 17.2 Å². The van der Waals surface area contributed by atoms with Gasteiger partial charge in [0.1, 0.15) is 0 Å². The number of amides is 2. The fourth-order valence-electron chi connectivity index (χ4n) is 1.94. The van der Waals surface area contributed by atoms with Crippen LogP contribution < -0.4 is 10.6 Å². The molecule has 0 aliphatic rings. The summed E-state index contributed by atoms with van der Waals surface area (Å²) >= 11 is 0. The third-order valence-corrected chi connectivity index (χ3v) is 3.11. The zero-order chi connectivity index (χ0) is 17.5. The van der Waals surface area contributed by atoms with Crippen LogP contribution in [0.4, 0.5) is 11.4 Å². The van der Waals surface area contributed by atoms with Gasteiger partial charge >= 0.3 is 5.97 Å². The number of aryl methyl sites for hydroxylation is 1. The molecule has 0 fully saturated rings. The fourth-order valence-corrected chi connectivity index (χ4v) is 1.94. The average Bonchev–Trinajstić information content (AvgIpc) is 2.55. The van der Waals surface area contributed by atoms with E-state index >= 15 is 0 Å². The second-order valence-corrected chi connectivity index (χ2v) is 5.25. The summed E-state index contributed by atoms with van der Waals surface area (Å²) in [6.45, 7) is 2.97. The maximum Gasteiger partial charge on any atom is 0.338 e. The molecule has 0 heterocycles. The highest BCUT2D eigenvalue weighted by Crippen LogP contribution is 2.11. The van der Waals surface area contributed by atoms with Crippen molar-refractivity contribution in [3.63, 3.8) is 0 Å². The molecule has 0 radical (unpaired) electrons. The van der Waals surface area contributed by atoms with Crippen molar-refractivity contribution >= 4 is 29.2 Å². The van der Waals surface area contributed by atoms with E-state index in [-0.39, 0.29) is 12.5 Å². The first-order chi connectivity index (χ1) is 11.4. The summed E-state index contributed by atoms with van der Waals surface area (Å²) in [5.41, 5.74) is 2.60. The quantitative estimate of drug-likeness (QED) is 0.828. The van der Waals surface area contributed by atoms with Gasteiger partial charge in [-0.05, 0) is 43.3 Å². The Morgan fingerprint density at radius 2 is 1.42 bits per heavy atom. The van der Waals surface area contributed by atoms with Crippen molar-refractivity contribution < 1.29 is 19.1 Å².